The van der Waals surface area contributed by atoms with E-state index in [2.05, 4.69) is 13.9 Å². The summed E-state index contributed by atoms with van der Waals surface area (Å²) >= 11 is 0. The topological polar surface area (TPSA) is 108 Å². The number of hydrogen-bond donors (Lipinski definition) is 0. The van der Waals surface area contributed by atoms with E-state index in [-0.39, 0.29) is 22.3 Å². The summed E-state index contributed by atoms with van der Waals surface area (Å²) in [6.45, 7) is 5.92. The molecule has 0 saturated heterocycles. The summed E-state index contributed by atoms with van der Waals surface area (Å²) in [7, 11) is -2.40. The lowest BCUT2D eigenvalue weighted by Crippen LogP contribution is -2.27. The third-order valence-corrected chi connectivity index (χ3v) is 4.41. The number of methoxy groups -OCH3 is 2. The molecule has 1 heterocycles. The van der Waals surface area contributed by atoms with Crippen LogP contribution in [-0.4, -0.2) is 40.3 Å². The van der Waals surface area contributed by atoms with E-state index in [1.807, 2.05) is 20.8 Å². The summed E-state index contributed by atoms with van der Waals surface area (Å²) in [5.41, 5.74) is -0.147. The number of esters is 2. The van der Waals surface area contributed by atoms with Crippen LogP contribution in [0.15, 0.2) is 28.2 Å². The van der Waals surface area contributed by atoms with Gasteiger partial charge in [0.1, 0.15) is 0 Å². The molecule has 8 nitrogen and oxygen atoms in total. The molecule has 0 N–H and O–H groups in total. The molecule has 0 unspecified atom stereocenters. The van der Waals surface area contributed by atoms with Crippen molar-refractivity contribution in [2.24, 2.45) is 4.40 Å². The zero-order valence-electron chi connectivity index (χ0n) is 15.0. The van der Waals surface area contributed by atoms with Crippen LogP contribution in [-0.2, 0) is 34.8 Å². The van der Waals surface area contributed by atoms with E-state index >= 15 is 0 Å². The van der Waals surface area contributed by atoms with Crippen LogP contribution >= 0.6 is 0 Å². The number of fused-ring (bicyclic) bond motifs is 1. The van der Waals surface area contributed by atoms with Crippen LogP contribution in [0.5, 0.6) is 5.75 Å². The second kappa shape index (κ2) is 6.91. The van der Waals surface area contributed by atoms with Gasteiger partial charge in [0.25, 0.3) is 0 Å². The molecule has 140 valence electrons. The van der Waals surface area contributed by atoms with Crippen LogP contribution in [0.25, 0.3) is 6.08 Å². The molecule has 26 heavy (non-hydrogen) atoms. The fraction of sp³-hybridized carbons (Fsp3) is 0.353. The average molecular weight is 381 g/mol. The maximum atomic E-state index is 12.2. The molecule has 0 radical (unpaired) electrons. The van der Waals surface area contributed by atoms with Crippen molar-refractivity contribution in [3.63, 3.8) is 0 Å². The van der Waals surface area contributed by atoms with E-state index in [0.29, 0.717) is 0 Å². The minimum absolute atomic E-state index is 0.0212. The Hall–Kier alpha value is -2.68. The summed E-state index contributed by atoms with van der Waals surface area (Å²) in [6.07, 6.45) is 1.29. The van der Waals surface area contributed by atoms with Gasteiger partial charge in [-0.25, -0.2) is 9.59 Å². The first-order chi connectivity index (χ1) is 12.0. The number of benzene rings is 1. The summed E-state index contributed by atoms with van der Waals surface area (Å²) in [6, 6.07) is 4.86. The van der Waals surface area contributed by atoms with Crippen molar-refractivity contribution in [3.8, 4) is 5.75 Å². The van der Waals surface area contributed by atoms with E-state index in [0.717, 1.165) is 19.8 Å². The molecule has 0 aromatic heterocycles. The zero-order chi connectivity index (χ0) is 19.7. The van der Waals surface area contributed by atoms with Gasteiger partial charge < -0.3 is 13.7 Å². The van der Waals surface area contributed by atoms with Gasteiger partial charge in [0.15, 0.2) is 11.5 Å². The van der Waals surface area contributed by atoms with E-state index in [1.165, 1.54) is 12.1 Å². The van der Waals surface area contributed by atoms with E-state index in [9.17, 15) is 18.0 Å². The fourth-order valence-electron chi connectivity index (χ4n) is 2.23. The Bertz CT molecular complexity index is 921. The van der Waals surface area contributed by atoms with Crippen molar-refractivity contribution >= 4 is 34.0 Å². The van der Waals surface area contributed by atoms with Crippen molar-refractivity contribution in [1.82, 2.24) is 0 Å². The van der Waals surface area contributed by atoms with Crippen molar-refractivity contribution < 1.29 is 31.7 Å². The molecule has 0 amide bonds. The first kappa shape index (κ1) is 19.6. The molecule has 1 aromatic carbocycles. The quantitative estimate of drug-likeness (QED) is 0.719. The van der Waals surface area contributed by atoms with Crippen molar-refractivity contribution in [2.75, 3.05) is 14.2 Å². The second-order valence-corrected chi connectivity index (χ2v) is 7.70. The standard InChI is InChI=1S/C17H19NO7S/c1-17(2,3)11-6-7-13-10(8-11)9-12(15(19)23-4)14(16(20)24-5)18-26(21,22)25-13/h6-9H,1-5H3/b12-9+,18-14+. The number of ether oxygens (including phenoxy) is 2. The molecule has 0 saturated carbocycles. The van der Waals surface area contributed by atoms with Crippen molar-refractivity contribution in [2.45, 2.75) is 26.2 Å². The predicted octanol–water partition coefficient (Wildman–Crippen LogP) is 1.79. The molecule has 0 aliphatic carbocycles. The van der Waals surface area contributed by atoms with Crippen molar-refractivity contribution in [1.29, 1.82) is 0 Å². The van der Waals surface area contributed by atoms with Gasteiger partial charge in [-0.05, 0) is 29.2 Å². The summed E-state index contributed by atoms with van der Waals surface area (Å²) in [5.74, 6) is -2.06. The third-order valence-electron chi connectivity index (χ3n) is 3.61. The number of rotatable bonds is 2. The van der Waals surface area contributed by atoms with Crippen molar-refractivity contribution in [3.05, 3.63) is 34.9 Å². The summed E-state index contributed by atoms with van der Waals surface area (Å²) in [4.78, 5) is 24.1. The molecule has 2 rings (SSSR count). The monoisotopic (exact) mass is 381 g/mol. The van der Waals surface area contributed by atoms with Gasteiger partial charge in [0.05, 0.1) is 19.8 Å². The number of carbonyl (C=O) groups is 2. The molecule has 0 atom stereocenters. The Morgan fingerprint density at radius 1 is 1.08 bits per heavy atom. The highest BCUT2D eigenvalue weighted by Crippen LogP contribution is 2.32. The Kier molecular flexibility index (Phi) is 5.22. The van der Waals surface area contributed by atoms with Gasteiger partial charge in [-0.2, -0.15) is 8.42 Å². The number of hydrogen-bond acceptors (Lipinski definition) is 7. The molecule has 0 fully saturated rings. The molecule has 1 aliphatic rings. The van der Waals surface area contributed by atoms with E-state index < -0.39 is 28.0 Å². The molecule has 1 aliphatic heterocycles. The SMILES string of the molecule is COC(=O)C1=C/c2cc(C(C)(C)C)ccc2OS(=O)(=O)/N=C\1C(=O)OC. The predicted molar refractivity (Wildman–Crippen MR) is 94.1 cm³/mol. The van der Waals surface area contributed by atoms with Crippen LogP contribution in [0.1, 0.15) is 31.9 Å². The molecule has 1 aromatic rings. The smallest absolute Gasteiger partial charge is 0.429 e. The van der Waals surface area contributed by atoms with Gasteiger partial charge in [-0.15, -0.1) is 4.40 Å². The lowest BCUT2D eigenvalue weighted by molar-refractivity contribution is -0.137. The first-order valence-electron chi connectivity index (χ1n) is 7.56. The lowest BCUT2D eigenvalue weighted by atomic mass is 9.86. The highest BCUT2D eigenvalue weighted by atomic mass is 32.2. The molecule has 0 spiro atoms. The molecule has 9 heteroatoms. The van der Waals surface area contributed by atoms with Crippen LogP contribution in [0, 0.1) is 0 Å². The molecule has 0 bridgehead atoms. The first-order valence-corrected chi connectivity index (χ1v) is 8.92. The Labute approximate surface area is 151 Å². The maximum absolute atomic E-state index is 12.2. The van der Waals surface area contributed by atoms with Crippen LogP contribution in [0.3, 0.4) is 0 Å². The summed E-state index contributed by atoms with van der Waals surface area (Å²) in [5, 5.41) is 0. The van der Waals surface area contributed by atoms with Gasteiger partial charge in [0.2, 0.25) is 0 Å². The molecular weight excluding hydrogens is 362 g/mol. The average Bonchev–Trinajstić information content (AvgIpc) is 2.55. The van der Waals surface area contributed by atoms with Gasteiger partial charge in [-0.3, -0.25) is 0 Å². The van der Waals surface area contributed by atoms with Gasteiger partial charge in [0, 0.05) is 5.56 Å². The Balaban J connectivity index is 2.82. The Morgan fingerprint density at radius 2 is 1.69 bits per heavy atom. The lowest BCUT2D eigenvalue weighted by Gasteiger charge is -2.21. The highest BCUT2D eigenvalue weighted by molar-refractivity contribution is 7.86. The Morgan fingerprint density at radius 3 is 2.23 bits per heavy atom. The van der Waals surface area contributed by atoms with Crippen LogP contribution in [0.4, 0.5) is 0 Å². The van der Waals surface area contributed by atoms with E-state index in [4.69, 9.17) is 4.18 Å². The van der Waals surface area contributed by atoms with E-state index in [1.54, 1.807) is 12.1 Å². The highest BCUT2D eigenvalue weighted by Gasteiger charge is 2.31. The van der Waals surface area contributed by atoms with Gasteiger partial charge >= 0.3 is 22.2 Å². The maximum Gasteiger partial charge on any atom is 0.429 e. The minimum Gasteiger partial charge on any atom is -0.465 e. The number of carbonyl (C=O) groups excluding carboxylic acids is 2. The van der Waals surface area contributed by atoms with Crippen LogP contribution in [0.2, 0.25) is 0 Å². The summed E-state index contributed by atoms with van der Waals surface area (Å²) < 4.78 is 41.7. The van der Waals surface area contributed by atoms with Gasteiger partial charge in [-0.1, -0.05) is 26.8 Å². The number of nitrogens with zero attached hydrogens (tertiary/aromatic N) is 1. The normalized spacial score (nSPS) is 20.0. The second-order valence-electron chi connectivity index (χ2n) is 6.49. The zero-order valence-corrected chi connectivity index (χ0v) is 15.8. The largest absolute Gasteiger partial charge is 0.465 e. The molecular formula is C17H19NO7S. The van der Waals surface area contributed by atoms with Crippen LogP contribution < -0.4 is 4.18 Å². The third kappa shape index (κ3) is 4.10. The minimum atomic E-state index is -4.54. The fourth-order valence-corrected chi connectivity index (χ4v) is 3.04.